The zero-order valence-electron chi connectivity index (χ0n) is 13.0. The van der Waals surface area contributed by atoms with Crippen LogP contribution in [-0.2, 0) is 10.0 Å². The standard InChI is InChI=1S/C14H16ClF3N2O3S/c1-4-7-20(9-14(16,17)18)13(21)11-8-10(5-6-12(11)15)24(22,23)19(2)3/h4-6,8H,1,7,9H2,2-3H3. The SMILES string of the molecule is C=CCN(CC(F)(F)F)C(=O)c1cc(S(=O)(=O)N(C)C)ccc1Cl. The molecule has 5 nitrogen and oxygen atoms in total. The van der Waals surface area contributed by atoms with Gasteiger partial charge in [0.05, 0.1) is 15.5 Å². The Morgan fingerprint density at radius 3 is 2.38 bits per heavy atom. The molecule has 0 aliphatic heterocycles. The molecule has 0 bridgehead atoms. The van der Waals surface area contributed by atoms with Gasteiger partial charge < -0.3 is 4.90 Å². The minimum Gasteiger partial charge on any atom is -0.326 e. The number of benzene rings is 1. The summed E-state index contributed by atoms with van der Waals surface area (Å²) in [5, 5.41) is -0.144. The molecule has 0 atom stereocenters. The molecule has 24 heavy (non-hydrogen) atoms. The molecular formula is C14H16ClF3N2O3S. The van der Waals surface area contributed by atoms with Crippen LogP contribution in [0, 0.1) is 0 Å². The fourth-order valence-corrected chi connectivity index (χ4v) is 2.93. The molecule has 1 aromatic carbocycles. The second-order valence-corrected chi connectivity index (χ2v) is 7.58. The molecule has 1 rings (SSSR count). The van der Waals surface area contributed by atoms with Gasteiger partial charge in [-0.3, -0.25) is 4.79 Å². The largest absolute Gasteiger partial charge is 0.406 e. The number of nitrogens with zero attached hydrogens (tertiary/aromatic N) is 2. The summed E-state index contributed by atoms with van der Waals surface area (Å²) in [6, 6.07) is 3.30. The molecule has 0 radical (unpaired) electrons. The van der Waals surface area contributed by atoms with Crippen LogP contribution in [0.25, 0.3) is 0 Å². The normalized spacial score (nSPS) is 12.3. The number of carbonyl (C=O) groups is 1. The molecule has 0 heterocycles. The van der Waals surface area contributed by atoms with E-state index in [2.05, 4.69) is 6.58 Å². The van der Waals surface area contributed by atoms with Gasteiger partial charge in [-0.1, -0.05) is 17.7 Å². The van der Waals surface area contributed by atoms with Gasteiger partial charge >= 0.3 is 6.18 Å². The maximum atomic E-state index is 12.6. The topological polar surface area (TPSA) is 57.7 Å². The van der Waals surface area contributed by atoms with Crippen molar-refractivity contribution in [2.45, 2.75) is 11.1 Å². The highest BCUT2D eigenvalue weighted by molar-refractivity contribution is 7.89. The average Bonchev–Trinajstić information content (AvgIpc) is 2.44. The number of hydrogen-bond donors (Lipinski definition) is 0. The number of halogens is 4. The number of hydrogen-bond acceptors (Lipinski definition) is 3. The molecule has 134 valence electrons. The Labute approximate surface area is 143 Å². The van der Waals surface area contributed by atoms with Crippen LogP contribution in [0.4, 0.5) is 13.2 Å². The van der Waals surface area contributed by atoms with Crippen LogP contribution in [0.5, 0.6) is 0 Å². The molecule has 0 fully saturated rings. The number of carbonyl (C=O) groups excluding carboxylic acids is 1. The van der Waals surface area contributed by atoms with Crippen LogP contribution in [0.1, 0.15) is 10.4 Å². The number of alkyl halides is 3. The van der Waals surface area contributed by atoms with Gasteiger partial charge in [0.1, 0.15) is 6.54 Å². The van der Waals surface area contributed by atoms with E-state index in [1.54, 1.807) is 0 Å². The fourth-order valence-electron chi connectivity index (χ4n) is 1.80. The van der Waals surface area contributed by atoms with Crippen LogP contribution in [-0.4, -0.2) is 56.9 Å². The van der Waals surface area contributed by atoms with Crippen molar-refractivity contribution in [2.24, 2.45) is 0 Å². The van der Waals surface area contributed by atoms with Crippen LogP contribution < -0.4 is 0 Å². The Balaban J connectivity index is 3.33. The maximum absolute atomic E-state index is 12.6. The molecule has 10 heteroatoms. The van der Waals surface area contributed by atoms with Gasteiger partial charge in [0.15, 0.2) is 0 Å². The predicted molar refractivity (Wildman–Crippen MR) is 84.5 cm³/mol. The molecule has 1 amide bonds. The van der Waals surface area contributed by atoms with Gasteiger partial charge in [-0.2, -0.15) is 13.2 Å². The predicted octanol–water partition coefficient (Wildman–Crippen LogP) is 2.78. The van der Waals surface area contributed by atoms with Crippen molar-refractivity contribution in [1.29, 1.82) is 0 Å². The fraction of sp³-hybridized carbons (Fsp3) is 0.357. The third-order valence-electron chi connectivity index (χ3n) is 2.95. The van der Waals surface area contributed by atoms with Crippen molar-refractivity contribution < 1.29 is 26.4 Å². The molecule has 1 aromatic rings. The van der Waals surface area contributed by atoms with E-state index in [9.17, 15) is 26.4 Å². The summed E-state index contributed by atoms with van der Waals surface area (Å²) in [4.78, 5) is 12.6. The molecule has 0 aromatic heterocycles. The second kappa shape index (κ2) is 7.54. The molecular weight excluding hydrogens is 369 g/mol. The Bertz CT molecular complexity index is 733. The lowest BCUT2D eigenvalue weighted by molar-refractivity contribution is -0.139. The molecule has 0 saturated carbocycles. The van der Waals surface area contributed by atoms with Gasteiger partial charge in [-0.25, -0.2) is 12.7 Å². The lowest BCUT2D eigenvalue weighted by atomic mass is 10.2. The zero-order valence-corrected chi connectivity index (χ0v) is 14.5. The summed E-state index contributed by atoms with van der Waals surface area (Å²) in [6.45, 7) is 1.45. The Morgan fingerprint density at radius 1 is 1.33 bits per heavy atom. The first-order valence-corrected chi connectivity index (χ1v) is 8.41. The Kier molecular flexibility index (Phi) is 6.43. The first kappa shape index (κ1) is 20.5. The average molecular weight is 385 g/mol. The van der Waals surface area contributed by atoms with Crippen molar-refractivity contribution in [1.82, 2.24) is 9.21 Å². The van der Waals surface area contributed by atoms with Crippen molar-refractivity contribution in [3.8, 4) is 0 Å². The Hall–Kier alpha value is -1.58. The first-order valence-electron chi connectivity index (χ1n) is 6.59. The summed E-state index contributed by atoms with van der Waals surface area (Å²) in [7, 11) is -1.28. The second-order valence-electron chi connectivity index (χ2n) is 5.02. The van der Waals surface area contributed by atoms with E-state index >= 15 is 0 Å². The van der Waals surface area contributed by atoms with E-state index in [1.165, 1.54) is 20.2 Å². The Morgan fingerprint density at radius 2 is 1.92 bits per heavy atom. The third-order valence-corrected chi connectivity index (χ3v) is 5.09. The number of rotatable bonds is 6. The summed E-state index contributed by atoms with van der Waals surface area (Å²) in [6.07, 6.45) is -3.48. The van der Waals surface area contributed by atoms with Crippen LogP contribution >= 0.6 is 11.6 Å². The van der Waals surface area contributed by atoms with Gasteiger partial charge in [-0.05, 0) is 18.2 Å². The maximum Gasteiger partial charge on any atom is 0.406 e. The van der Waals surface area contributed by atoms with Gasteiger partial charge in [0, 0.05) is 20.6 Å². The van der Waals surface area contributed by atoms with E-state index in [0.717, 1.165) is 22.5 Å². The lowest BCUT2D eigenvalue weighted by Gasteiger charge is -2.23. The summed E-state index contributed by atoms with van der Waals surface area (Å²) in [5.41, 5.74) is -0.328. The monoisotopic (exact) mass is 384 g/mol. The van der Waals surface area contributed by atoms with E-state index in [1.807, 2.05) is 0 Å². The highest BCUT2D eigenvalue weighted by Crippen LogP contribution is 2.25. The minimum absolute atomic E-state index is 0.144. The van der Waals surface area contributed by atoms with Crippen LogP contribution in [0.3, 0.4) is 0 Å². The quantitative estimate of drug-likeness (QED) is 0.709. The van der Waals surface area contributed by atoms with Crippen LogP contribution in [0.2, 0.25) is 5.02 Å². The van der Waals surface area contributed by atoms with E-state index < -0.39 is 28.7 Å². The highest BCUT2D eigenvalue weighted by Gasteiger charge is 2.33. The van der Waals surface area contributed by atoms with Crippen molar-refractivity contribution in [3.05, 3.63) is 41.4 Å². The summed E-state index contributed by atoms with van der Waals surface area (Å²) in [5.74, 6) is -1.03. The minimum atomic E-state index is -4.61. The number of sulfonamides is 1. The molecule has 0 aliphatic carbocycles. The molecule has 0 aliphatic rings. The smallest absolute Gasteiger partial charge is 0.326 e. The van der Waals surface area contributed by atoms with Gasteiger partial charge in [0.2, 0.25) is 10.0 Å². The van der Waals surface area contributed by atoms with E-state index in [0.29, 0.717) is 4.90 Å². The molecule has 0 N–H and O–H groups in total. The third kappa shape index (κ3) is 4.96. The molecule has 0 unspecified atom stereocenters. The molecule has 0 saturated heterocycles. The van der Waals surface area contributed by atoms with Gasteiger partial charge in [-0.15, -0.1) is 6.58 Å². The zero-order chi connectivity index (χ0) is 18.7. The number of amides is 1. The van der Waals surface area contributed by atoms with Crippen molar-refractivity contribution in [2.75, 3.05) is 27.2 Å². The van der Waals surface area contributed by atoms with Gasteiger partial charge in [0.25, 0.3) is 5.91 Å². The van der Waals surface area contributed by atoms with E-state index in [-0.39, 0.29) is 22.0 Å². The molecule has 0 spiro atoms. The van der Waals surface area contributed by atoms with Crippen molar-refractivity contribution in [3.63, 3.8) is 0 Å². The lowest BCUT2D eigenvalue weighted by Crippen LogP contribution is -2.39. The first-order chi connectivity index (χ1) is 10.9. The van der Waals surface area contributed by atoms with E-state index in [4.69, 9.17) is 11.6 Å². The summed E-state index contributed by atoms with van der Waals surface area (Å²) >= 11 is 5.87. The summed E-state index contributed by atoms with van der Waals surface area (Å²) < 4.78 is 63.0. The van der Waals surface area contributed by atoms with Crippen LogP contribution in [0.15, 0.2) is 35.7 Å². The van der Waals surface area contributed by atoms with Crippen molar-refractivity contribution >= 4 is 27.5 Å². The highest BCUT2D eigenvalue weighted by atomic mass is 35.5.